The molecule has 0 aliphatic heterocycles. The first kappa shape index (κ1) is 11.8. The normalized spacial score (nSPS) is 10.2. The minimum atomic E-state index is 0.0168. The highest BCUT2D eigenvalue weighted by molar-refractivity contribution is 6.37. The fourth-order valence-electron chi connectivity index (χ4n) is 1.20. The zero-order valence-electron chi connectivity index (χ0n) is 8.52. The van der Waals surface area contributed by atoms with Crippen molar-refractivity contribution in [3.8, 4) is 11.6 Å². The molecule has 0 saturated heterocycles. The molecule has 1 aromatic carbocycles. The molecule has 4 N–H and O–H groups in total. The van der Waals surface area contributed by atoms with Crippen LogP contribution in [0.15, 0.2) is 24.3 Å². The molecular weight excluding hydrogens is 263 g/mol. The van der Waals surface area contributed by atoms with Gasteiger partial charge in [-0.1, -0.05) is 29.3 Å². The molecule has 17 heavy (non-hydrogen) atoms. The van der Waals surface area contributed by atoms with Crippen LogP contribution in [0.2, 0.25) is 10.0 Å². The van der Waals surface area contributed by atoms with E-state index in [1.165, 1.54) is 6.07 Å². The topological polar surface area (TPSA) is 87.0 Å². The second-order valence-corrected chi connectivity index (χ2v) is 3.96. The Balaban J connectivity index is 2.38. The summed E-state index contributed by atoms with van der Waals surface area (Å²) in [5, 5.41) is 0.738. The summed E-state index contributed by atoms with van der Waals surface area (Å²) in [6.45, 7) is 0. The van der Waals surface area contributed by atoms with Gasteiger partial charge >= 0.3 is 0 Å². The minimum absolute atomic E-state index is 0.0168. The lowest BCUT2D eigenvalue weighted by atomic mass is 10.3. The zero-order chi connectivity index (χ0) is 12.4. The lowest BCUT2D eigenvalue weighted by Crippen LogP contribution is -2.01. The monoisotopic (exact) mass is 270 g/mol. The van der Waals surface area contributed by atoms with Crippen molar-refractivity contribution in [2.75, 3.05) is 11.5 Å². The number of hydrogen-bond donors (Lipinski definition) is 2. The standard InChI is InChI=1S/C10H8Cl2N4O/c11-5-2-1-3-6(12)9(5)17-8-4-7(13)15-10(14)16-8/h1-4H,(H4,13,14,15,16). The number of nitrogen functional groups attached to an aromatic ring is 2. The van der Waals surface area contributed by atoms with E-state index < -0.39 is 0 Å². The van der Waals surface area contributed by atoms with Crippen LogP contribution in [0.3, 0.4) is 0 Å². The summed E-state index contributed by atoms with van der Waals surface area (Å²) >= 11 is 11.9. The summed E-state index contributed by atoms with van der Waals surface area (Å²) in [6, 6.07) is 6.43. The van der Waals surface area contributed by atoms with Crippen LogP contribution in [-0.4, -0.2) is 9.97 Å². The molecule has 0 bridgehead atoms. The number of nitrogens with zero attached hydrogens (tertiary/aromatic N) is 2. The molecule has 1 aromatic heterocycles. The number of anilines is 2. The number of hydrogen-bond acceptors (Lipinski definition) is 5. The Morgan fingerprint density at radius 3 is 2.29 bits per heavy atom. The lowest BCUT2D eigenvalue weighted by Gasteiger charge is -2.08. The van der Waals surface area contributed by atoms with E-state index in [0.717, 1.165) is 0 Å². The summed E-state index contributed by atoms with van der Waals surface area (Å²) in [7, 11) is 0. The summed E-state index contributed by atoms with van der Waals surface area (Å²) in [5.41, 5.74) is 11.0. The van der Waals surface area contributed by atoms with Gasteiger partial charge in [-0.2, -0.15) is 9.97 Å². The maximum Gasteiger partial charge on any atom is 0.226 e. The maximum absolute atomic E-state index is 5.94. The molecule has 7 heteroatoms. The Bertz CT molecular complexity index is 521. The number of halogens is 2. The first-order chi connectivity index (χ1) is 8.06. The second-order valence-electron chi connectivity index (χ2n) is 3.14. The smallest absolute Gasteiger partial charge is 0.226 e. The van der Waals surface area contributed by atoms with Crippen LogP contribution in [0.25, 0.3) is 0 Å². The summed E-state index contributed by atoms with van der Waals surface area (Å²) in [4.78, 5) is 7.58. The number of para-hydroxylation sites is 1. The van der Waals surface area contributed by atoms with E-state index in [2.05, 4.69) is 9.97 Å². The number of ether oxygens (including phenoxy) is 1. The van der Waals surface area contributed by atoms with Gasteiger partial charge in [0, 0.05) is 6.07 Å². The maximum atomic E-state index is 5.94. The first-order valence-corrected chi connectivity index (χ1v) is 5.34. The molecule has 0 fully saturated rings. The van der Waals surface area contributed by atoms with Crippen molar-refractivity contribution < 1.29 is 4.74 Å². The highest BCUT2D eigenvalue weighted by atomic mass is 35.5. The van der Waals surface area contributed by atoms with Crippen molar-refractivity contribution in [1.82, 2.24) is 9.97 Å². The second kappa shape index (κ2) is 4.65. The number of aromatic nitrogens is 2. The van der Waals surface area contributed by atoms with Gasteiger partial charge in [-0.25, -0.2) is 0 Å². The third kappa shape index (κ3) is 2.69. The summed E-state index contributed by atoms with van der Waals surface area (Å²) in [5.74, 6) is 0.706. The molecule has 2 aromatic rings. The average molecular weight is 271 g/mol. The Morgan fingerprint density at radius 2 is 1.71 bits per heavy atom. The summed E-state index contributed by atoms with van der Waals surface area (Å²) in [6.07, 6.45) is 0. The average Bonchev–Trinajstić information content (AvgIpc) is 2.22. The van der Waals surface area contributed by atoms with Gasteiger partial charge in [0.1, 0.15) is 5.82 Å². The lowest BCUT2D eigenvalue weighted by molar-refractivity contribution is 0.463. The molecule has 0 spiro atoms. The molecular formula is C10H8Cl2N4O. The van der Waals surface area contributed by atoms with Gasteiger partial charge in [0.15, 0.2) is 5.75 Å². The highest BCUT2D eigenvalue weighted by Gasteiger charge is 2.09. The van der Waals surface area contributed by atoms with Gasteiger partial charge in [-0.3, -0.25) is 0 Å². The van der Waals surface area contributed by atoms with Crippen LogP contribution in [0, 0.1) is 0 Å². The van der Waals surface area contributed by atoms with Crippen LogP contribution in [-0.2, 0) is 0 Å². The van der Waals surface area contributed by atoms with Gasteiger partial charge < -0.3 is 16.2 Å². The third-order valence-electron chi connectivity index (χ3n) is 1.87. The Labute approximate surface area is 107 Å². The van der Waals surface area contributed by atoms with Crippen molar-refractivity contribution >= 4 is 35.0 Å². The fraction of sp³-hybridized carbons (Fsp3) is 0. The Kier molecular flexibility index (Phi) is 3.21. The molecule has 0 aliphatic rings. The quantitative estimate of drug-likeness (QED) is 0.876. The number of nitrogens with two attached hydrogens (primary N) is 2. The number of rotatable bonds is 2. The largest absolute Gasteiger partial charge is 0.436 e. The predicted octanol–water partition coefficient (Wildman–Crippen LogP) is 2.74. The predicted molar refractivity (Wildman–Crippen MR) is 67.4 cm³/mol. The number of benzene rings is 1. The van der Waals surface area contributed by atoms with Crippen molar-refractivity contribution in [3.63, 3.8) is 0 Å². The van der Waals surface area contributed by atoms with Crippen molar-refractivity contribution in [3.05, 3.63) is 34.3 Å². The Morgan fingerprint density at radius 1 is 1.06 bits per heavy atom. The first-order valence-electron chi connectivity index (χ1n) is 4.58. The molecule has 88 valence electrons. The van der Waals surface area contributed by atoms with Crippen LogP contribution in [0.1, 0.15) is 0 Å². The third-order valence-corrected chi connectivity index (χ3v) is 2.46. The SMILES string of the molecule is Nc1cc(Oc2c(Cl)cccc2Cl)nc(N)n1. The van der Waals surface area contributed by atoms with Gasteiger partial charge in [0.2, 0.25) is 11.8 Å². The zero-order valence-corrected chi connectivity index (χ0v) is 10.0. The van der Waals surface area contributed by atoms with E-state index in [4.69, 9.17) is 39.4 Å². The minimum Gasteiger partial charge on any atom is -0.436 e. The fourth-order valence-corrected chi connectivity index (χ4v) is 1.67. The van der Waals surface area contributed by atoms with Crippen LogP contribution in [0.5, 0.6) is 11.6 Å². The van der Waals surface area contributed by atoms with Gasteiger partial charge in [-0.05, 0) is 12.1 Å². The molecule has 0 amide bonds. The van der Waals surface area contributed by atoms with E-state index in [9.17, 15) is 0 Å². The van der Waals surface area contributed by atoms with Gasteiger partial charge in [-0.15, -0.1) is 0 Å². The van der Waals surface area contributed by atoms with Crippen molar-refractivity contribution in [1.29, 1.82) is 0 Å². The molecule has 2 rings (SSSR count). The molecule has 0 atom stereocenters. The van der Waals surface area contributed by atoms with Crippen molar-refractivity contribution in [2.45, 2.75) is 0 Å². The molecule has 0 unspecified atom stereocenters. The van der Waals surface area contributed by atoms with Crippen LogP contribution in [0.4, 0.5) is 11.8 Å². The van der Waals surface area contributed by atoms with Crippen LogP contribution >= 0.6 is 23.2 Å². The van der Waals surface area contributed by atoms with Crippen LogP contribution < -0.4 is 16.2 Å². The van der Waals surface area contributed by atoms with Gasteiger partial charge in [0.05, 0.1) is 10.0 Å². The van der Waals surface area contributed by atoms with E-state index in [-0.39, 0.29) is 17.6 Å². The van der Waals surface area contributed by atoms with E-state index in [1.54, 1.807) is 18.2 Å². The molecule has 0 radical (unpaired) electrons. The molecule has 0 saturated carbocycles. The molecule has 5 nitrogen and oxygen atoms in total. The Hall–Kier alpha value is -1.72. The molecule has 1 heterocycles. The van der Waals surface area contributed by atoms with E-state index in [1.807, 2.05) is 0 Å². The molecule has 0 aliphatic carbocycles. The highest BCUT2D eigenvalue weighted by Crippen LogP contribution is 2.35. The van der Waals surface area contributed by atoms with Gasteiger partial charge in [0.25, 0.3) is 0 Å². The van der Waals surface area contributed by atoms with Crippen molar-refractivity contribution in [2.24, 2.45) is 0 Å². The van der Waals surface area contributed by atoms with E-state index >= 15 is 0 Å². The van der Waals surface area contributed by atoms with E-state index in [0.29, 0.717) is 15.8 Å². The summed E-state index contributed by atoms with van der Waals surface area (Å²) < 4.78 is 5.43.